The molecule has 0 bridgehead atoms. The summed E-state index contributed by atoms with van der Waals surface area (Å²) in [6, 6.07) is 6.45. The fraction of sp³-hybridized carbons (Fsp3) is 0.438. The molecular formula is C16H25IN6. The Balaban J connectivity index is 0.00000264. The molecule has 7 heteroatoms. The predicted molar refractivity (Wildman–Crippen MR) is 104 cm³/mol. The molecule has 0 spiro atoms. The SMILES string of the molecule is CCNC(=NCc1ccc(C)cc1C)NCc1nncn1C.I. The van der Waals surface area contributed by atoms with Crippen molar-refractivity contribution in [2.75, 3.05) is 6.54 Å². The fourth-order valence-electron chi connectivity index (χ4n) is 2.16. The van der Waals surface area contributed by atoms with Crippen molar-refractivity contribution in [1.29, 1.82) is 0 Å². The van der Waals surface area contributed by atoms with Crippen LogP contribution in [0.3, 0.4) is 0 Å². The van der Waals surface area contributed by atoms with Gasteiger partial charge in [-0.3, -0.25) is 0 Å². The number of benzene rings is 1. The van der Waals surface area contributed by atoms with Gasteiger partial charge < -0.3 is 15.2 Å². The number of nitrogens with one attached hydrogen (secondary N) is 2. The van der Waals surface area contributed by atoms with Gasteiger partial charge in [-0.05, 0) is 31.9 Å². The van der Waals surface area contributed by atoms with Gasteiger partial charge in [0.1, 0.15) is 6.33 Å². The number of aryl methyl sites for hydroxylation is 3. The molecule has 126 valence electrons. The van der Waals surface area contributed by atoms with Gasteiger partial charge in [0.2, 0.25) is 0 Å². The Bertz CT molecular complexity index is 650. The zero-order valence-electron chi connectivity index (χ0n) is 14.1. The second-order valence-electron chi connectivity index (χ2n) is 5.34. The monoisotopic (exact) mass is 428 g/mol. The third-order valence-electron chi connectivity index (χ3n) is 3.47. The van der Waals surface area contributed by atoms with Crippen molar-refractivity contribution in [3.05, 3.63) is 47.0 Å². The summed E-state index contributed by atoms with van der Waals surface area (Å²) in [4.78, 5) is 4.64. The molecular weight excluding hydrogens is 403 g/mol. The molecule has 2 N–H and O–H groups in total. The third-order valence-corrected chi connectivity index (χ3v) is 3.47. The quantitative estimate of drug-likeness (QED) is 0.436. The van der Waals surface area contributed by atoms with E-state index in [9.17, 15) is 0 Å². The highest BCUT2D eigenvalue weighted by Crippen LogP contribution is 2.11. The molecule has 0 unspecified atom stereocenters. The number of guanidine groups is 1. The Hall–Kier alpha value is -1.64. The first-order valence-electron chi connectivity index (χ1n) is 7.51. The smallest absolute Gasteiger partial charge is 0.191 e. The standard InChI is InChI=1S/C16H24N6.HI/c1-5-17-16(19-10-15-21-20-11-22(15)4)18-9-14-7-6-12(2)8-13(14)3;/h6-8,11H,5,9-10H2,1-4H3,(H2,17,18,19);1H. The number of aliphatic imine (C=N–C) groups is 1. The normalized spacial score (nSPS) is 11.0. The van der Waals surface area contributed by atoms with Crippen molar-refractivity contribution in [3.63, 3.8) is 0 Å². The van der Waals surface area contributed by atoms with E-state index < -0.39 is 0 Å². The van der Waals surface area contributed by atoms with Crippen LogP contribution in [0.25, 0.3) is 0 Å². The summed E-state index contributed by atoms with van der Waals surface area (Å²) in [5.74, 6) is 1.66. The molecule has 0 saturated carbocycles. The Morgan fingerprint density at radius 2 is 2.04 bits per heavy atom. The summed E-state index contributed by atoms with van der Waals surface area (Å²) in [6.07, 6.45) is 1.69. The lowest BCUT2D eigenvalue weighted by Crippen LogP contribution is -2.37. The summed E-state index contributed by atoms with van der Waals surface area (Å²) in [5, 5.41) is 14.5. The van der Waals surface area contributed by atoms with Crippen molar-refractivity contribution in [2.24, 2.45) is 12.0 Å². The predicted octanol–water partition coefficient (Wildman–Crippen LogP) is 2.31. The Morgan fingerprint density at radius 3 is 2.65 bits per heavy atom. The molecule has 23 heavy (non-hydrogen) atoms. The second kappa shape index (κ2) is 9.49. The Kier molecular flexibility index (Phi) is 8.01. The summed E-state index contributed by atoms with van der Waals surface area (Å²) >= 11 is 0. The minimum Gasteiger partial charge on any atom is -0.357 e. The number of rotatable bonds is 5. The van der Waals surface area contributed by atoms with Crippen molar-refractivity contribution >= 4 is 29.9 Å². The largest absolute Gasteiger partial charge is 0.357 e. The van der Waals surface area contributed by atoms with Crippen LogP contribution in [-0.2, 0) is 20.1 Å². The number of aromatic nitrogens is 3. The lowest BCUT2D eigenvalue weighted by atomic mass is 10.1. The molecule has 1 heterocycles. The van der Waals surface area contributed by atoms with Gasteiger partial charge in [-0.2, -0.15) is 0 Å². The van der Waals surface area contributed by atoms with E-state index in [0.717, 1.165) is 18.3 Å². The first kappa shape index (κ1) is 19.4. The fourth-order valence-corrected chi connectivity index (χ4v) is 2.16. The minimum absolute atomic E-state index is 0. The molecule has 0 aliphatic rings. The highest BCUT2D eigenvalue weighted by molar-refractivity contribution is 14.0. The molecule has 2 aromatic rings. The van der Waals surface area contributed by atoms with E-state index in [1.807, 2.05) is 11.6 Å². The van der Waals surface area contributed by atoms with Crippen LogP contribution in [0, 0.1) is 13.8 Å². The lowest BCUT2D eigenvalue weighted by Gasteiger charge is -2.11. The second-order valence-corrected chi connectivity index (χ2v) is 5.34. The average Bonchev–Trinajstić information content (AvgIpc) is 2.89. The highest BCUT2D eigenvalue weighted by Gasteiger charge is 2.03. The van der Waals surface area contributed by atoms with E-state index in [1.165, 1.54) is 16.7 Å². The van der Waals surface area contributed by atoms with Crippen LogP contribution >= 0.6 is 24.0 Å². The van der Waals surface area contributed by atoms with E-state index >= 15 is 0 Å². The van der Waals surface area contributed by atoms with Crippen LogP contribution in [-0.4, -0.2) is 27.3 Å². The molecule has 6 nitrogen and oxygen atoms in total. The van der Waals surface area contributed by atoms with Crippen LogP contribution in [0.4, 0.5) is 0 Å². The van der Waals surface area contributed by atoms with Crippen molar-refractivity contribution in [2.45, 2.75) is 33.9 Å². The lowest BCUT2D eigenvalue weighted by molar-refractivity contribution is 0.726. The van der Waals surface area contributed by atoms with E-state index in [1.54, 1.807) is 6.33 Å². The summed E-state index contributed by atoms with van der Waals surface area (Å²) < 4.78 is 1.89. The molecule has 0 aliphatic carbocycles. The Morgan fingerprint density at radius 1 is 1.26 bits per heavy atom. The number of nitrogens with zero attached hydrogens (tertiary/aromatic N) is 4. The minimum atomic E-state index is 0. The third kappa shape index (κ3) is 5.81. The van der Waals surface area contributed by atoms with E-state index in [4.69, 9.17) is 0 Å². The van der Waals surface area contributed by atoms with Crippen molar-refractivity contribution < 1.29 is 0 Å². The van der Waals surface area contributed by atoms with Gasteiger partial charge in [0.05, 0.1) is 13.1 Å². The van der Waals surface area contributed by atoms with Crippen molar-refractivity contribution in [3.8, 4) is 0 Å². The van der Waals surface area contributed by atoms with Gasteiger partial charge in [-0.15, -0.1) is 34.2 Å². The van der Waals surface area contributed by atoms with Crippen molar-refractivity contribution in [1.82, 2.24) is 25.4 Å². The highest BCUT2D eigenvalue weighted by atomic mass is 127. The van der Waals surface area contributed by atoms with E-state index in [0.29, 0.717) is 13.1 Å². The Labute approximate surface area is 154 Å². The number of hydrogen-bond acceptors (Lipinski definition) is 3. The van der Waals surface area contributed by atoms with Crippen LogP contribution in [0.2, 0.25) is 0 Å². The first-order chi connectivity index (χ1) is 10.6. The first-order valence-corrected chi connectivity index (χ1v) is 7.51. The van der Waals surface area contributed by atoms with Crippen LogP contribution in [0.1, 0.15) is 29.4 Å². The number of hydrogen-bond donors (Lipinski definition) is 2. The van der Waals surface area contributed by atoms with Gasteiger partial charge >= 0.3 is 0 Å². The molecule has 1 aromatic carbocycles. The van der Waals surface area contributed by atoms with Gasteiger partial charge in [-0.25, -0.2) is 4.99 Å². The number of halogens is 1. The molecule has 0 fully saturated rings. The maximum absolute atomic E-state index is 4.64. The van der Waals surface area contributed by atoms with Crippen LogP contribution in [0.15, 0.2) is 29.5 Å². The molecule has 0 atom stereocenters. The molecule has 0 aliphatic heterocycles. The average molecular weight is 428 g/mol. The topological polar surface area (TPSA) is 67.1 Å². The molecule has 0 saturated heterocycles. The van der Waals surface area contributed by atoms with Crippen LogP contribution < -0.4 is 10.6 Å². The van der Waals surface area contributed by atoms with E-state index in [2.05, 4.69) is 64.8 Å². The van der Waals surface area contributed by atoms with Gasteiger partial charge in [0.25, 0.3) is 0 Å². The van der Waals surface area contributed by atoms with Gasteiger partial charge in [0.15, 0.2) is 11.8 Å². The van der Waals surface area contributed by atoms with Crippen LogP contribution in [0.5, 0.6) is 0 Å². The maximum atomic E-state index is 4.64. The molecule has 1 aromatic heterocycles. The van der Waals surface area contributed by atoms with Gasteiger partial charge in [0, 0.05) is 13.6 Å². The summed E-state index contributed by atoms with van der Waals surface area (Å²) in [5.41, 5.74) is 3.78. The van der Waals surface area contributed by atoms with E-state index in [-0.39, 0.29) is 24.0 Å². The zero-order valence-corrected chi connectivity index (χ0v) is 16.5. The molecule has 2 rings (SSSR count). The molecule has 0 amide bonds. The van der Waals surface area contributed by atoms with Gasteiger partial charge in [-0.1, -0.05) is 23.8 Å². The molecule has 0 radical (unpaired) electrons. The summed E-state index contributed by atoms with van der Waals surface area (Å²) in [7, 11) is 1.93. The summed E-state index contributed by atoms with van der Waals surface area (Å²) in [6.45, 7) is 8.34. The zero-order chi connectivity index (χ0) is 15.9. The maximum Gasteiger partial charge on any atom is 0.191 e.